The second-order valence-electron chi connectivity index (χ2n) is 6.99. The van der Waals surface area contributed by atoms with Crippen molar-refractivity contribution in [2.75, 3.05) is 45.2 Å². The van der Waals surface area contributed by atoms with Crippen molar-refractivity contribution >= 4 is 17.5 Å². The van der Waals surface area contributed by atoms with Crippen LogP contribution >= 0.6 is 0 Å². The summed E-state index contributed by atoms with van der Waals surface area (Å²) < 4.78 is 13.7. The summed E-state index contributed by atoms with van der Waals surface area (Å²) in [4.78, 5) is 30.7. The molecule has 0 spiro atoms. The molecule has 1 saturated heterocycles. The molecule has 0 aromatic heterocycles. The maximum absolute atomic E-state index is 13.7. The Morgan fingerprint density at radius 1 is 0.889 bits per heavy atom. The maximum atomic E-state index is 13.7. The first kappa shape index (κ1) is 18.9. The molecule has 3 rings (SSSR count). The number of anilines is 1. The monoisotopic (exact) mass is 369 g/mol. The van der Waals surface area contributed by atoms with Gasteiger partial charge >= 0.3 is 0 Å². The molecule has 6 heteroatoms. The van der Waals surface area contributed by atoms with E-state index in [9.17, 15) is 14.0 Å². The average Bonchev–Trinajstić information content (AvgIpc) is 2.69. The largest absolute Gasteiger partial charge is 0.378 e. The summed E-state index contributed by atoms with van der Waals surface area (Å²) in [5.41, 5.74) is 2.47. The van der Waals surface area contributed by atoms with Gasteiger partial charge in [-0.25, -0.2) is 4.39 Å². The van der Waals surface area contributed by atoms with Gasteiger partial charge in [0.05, 0.1) is 0 Å². The number of nitrogens with zero attached hydrogens (tertiary/aromatic N) is 3. The van der Waals surface area contributed by atoms with Crippen molar-refractivity contribution in [3.8, 4) is 0 Å². The Balaban J connectivity index is 1.64. The van der Waals surface area contributed by atoms with Crippen LogP contribution in [0.3, 0.4) is 0 Å². The van der Waals surface area contributed by atoms with Gasteiger partial charge in [0.1, 0.15) is 5.82 Å². The summed E-state index contributed by atoms with van der Waals surface area (Å²) in [6.07, 6.45) is 0. The Labute approximate surface area is 159 Å². The lowest BCUT2D eigenvalue weighted by Crippen LogP contribution is -2.50. The molecular weight excluding hydrogens is 345 g/mol. The molecule has 1 fully saturated rings. The van der Waals surface area contributed by atoms with Crippen LogP contribution in [0.5, 0.6) is 0 Å². The smallest absolute Gasteiger partial charge is 0.254 e. The van der Waals surface area contributed by atoms with Crippen LogP contribution in [0.2, 0.25) is 0 Å². The molecule has 142 valence electrons. The van der Waals surface area contributed by atoms with Gasteiger partial charge in [-0.05, 0) is 42.8 Å². The molecule has 0 radical (unpaired) electrons. The maximum Gasteiger partial charge on any atom is 0.254 e. The van der Waals surface area contributed by atoms with Crippen LogP contribution < -0.4 is 4.90 Å². The summed E-state index contributed by atoms with van der Waals surface area (Å²) in [6.45, 7) is 3.47. The number of halogens is 1. The van der Waals surface area contributed by atoms with E-state index in [0.29, 0.717) is 42.9 Å². The minimum Gasteiger partial charge on any atom is -0.378 e. The fourth-order valence-corrected chi connectivity index (χ4v) is 3.12. The predicted molar refractivity (Wildman–Crippen MR) is 104 cm³/mol. The molecule has 2 amide bonds. The molecule has 1 aliphatic rings. The third-order valence-electron chi connectivity index (χ3n) is 4.88. The molecule has 0 unspecified atom stereocenters. The predicted octanol–water partition coefficient (Wildman–Crippen LogP) is 2.80. The molecule has 0 bridgehead atoms. The molecule has 27 heavy (non-hydrogen) atoms. The number of rotatable bonds is 3. The average molecular weight is 369 g/mol. The number of hydrogen-bond acceptors (Lipinski definition) is 3. The number of benzene rings is 2. The number of aryl methyl sites for hydroxylation is 1. The van der Waals surface area contributed by atoms with Gasteiger partial charge in [0.2, 0.25) is 0 Å². The quantitative estimate of drug-likeness (QED) is 0.836. The summed E-state index contributed by atoms with van der Waals surface area (Å²) in [5, 5.41) is 0. The van der Waals surface area contributed by atoms with E-state index in [1.807, 2.05) is 43.3 Å². The molecular formula is C21H24FN3O2. The van der Waals surface area contributed by atoms with E-state index < -0.39 is 0 Å². The van der Waals surface area contributed by atoms with Crippen LogP contribution in [0.4, 0.5) is 10.1 Å². The molecule has 5 nitrogen and oxygen atoms in total. The molecule has 0 N–H and O–H groups in total. The highest BCUT2D eigenvalue weighted by Gasteiger charge is 2.26. The molecule has 0 aliphatic carbocycles. The number of hydrogen-bond donors (Lipinski definition) is 0. The van der Waals surface area contributed by atoms with Crippen molar-refractivity contribution < 1.29 is 14.0 Å². The van der Waals surface area contributed by atoms with Gasteiger partial charge in [-0.3, -0.25) is 9.59 Å². The second kappa shape index (κ2) is 7.78. The van der Waals surface area contributed by atoms with E-state index in [0.717, 1.165) is 5.69 Å². The first-order valence-corrected chi connectivity index (χ1v) is 8.99. The molecule has 0 saturated carbocycles. The van der Waals surface area contributed by atoms with Crippen LogP contribution in [0.15, 0.2) is 42.5 Å². The van der Waals surface area contributed by atoms with Gasteiger partial charge in [0.15, 0.2) is 0 Å². The zero-order valence-corrected chi connectivity index (χ0v) is 15.9. The number of piperazine rings is 1. The second-order valence-corrected chi connectivity index (χ2v) is 6.99. The Morgan fingerprint density at radius 2 is 1.44 bits per heavy atom. The Hall–Kier alpha value is -2.89. The minimum absolute atomic E-state index is 0.0350. The lowest BCUT2D eigenvalue weighted by Gasteiger charge is -2.35. The first-order chi connectivity index (χ1) is 12.9. The summed E-state index contributed by atoms with van der Waals surface area (Å²) in [5.74, 6) is -0.613. The summed E-state index contributed by atoms with van der Waals surface area (Å²) in [6, 6.07) is 12.0. The van der Waals surface area contributed by atoms with Crippen molar-refractivity contribution in [3.63, 3.8) is 0 Å². The van der Waals surface area contributed by atoms with Gasteiger partial charge in [0.25, 0.3) is 11.8 Å². The van der Waals surface area contributed by atoms with E-state index >= 15 is 0 Å². The molecule has 2 aromatic rings. The van der Waals surface area contributed by atoms with Gasteiger partial charge in [-0.1, -0.05) is 12.1 Å². The van der Waals surface area contributed by atoms with E-state index in [1.54, 1.807) is 28.9 Å². The molecule has 1 aliphatic heterocycles. The van der Waals surface area contributed by atoms with Crippen molar-refractivity contribution in [1.29, 1.82) is 0 Å². The Kier molecular flexibility index (Phi) is 5.44. The highest BCUT2D eigenvalue weighted by molar-refractivity contribution is 5.96. The van der Waals surface area contributed by atoms with E-state index in [4.69, 9.17) is 0 Å². The van der Waals surface area contributed by atoms with Gasteiger partial charge < -0.3 is 14.7 Å². The highest BCUT2D eigenvalue weighted by atomic mass is 19.1. The Bertz CT molecular complexity index is 858. The lowest BCUT2D eigenvalue weighted by atomic mass is 10.1. The summed E-state index contributed by atoms with van der Waals surface area (Å²) in [7, 11) is 3.86. The highest BCUT2D eigenvalue weighted by Crippen LogP contribution is 2.17. The normalized spacial score (nSPS) is 14.2. The van der Waals surface area contributed by atoms with Crippen LogP contribution in [-0.4, -0.2) is 61.9 Å². The Morgan fingerprint density at radius 3 is 1.96 bits per heavy atom. The van der Waals surface area contributed by atoms with Crippen LogP contribution in [0.25, 0.3) is 0 Å². The van der Waals surface area contributed by atoms with E-state index in [-0.39, 0.29) is 17.6 Å². The molecule has 0 atom stereocenters. The van der Waals surface area contributed by atoms with Crippen LogP contribution in [0.1, 0.15) is 26.3 Å². The van der Waals surface area contributed by atoms with Crippen molar-refractivity contribution in [2.45, 2.75) is 6.92 Å². The third-order valence-corrected chi connectivity index (χ3v) is 4.88. The lowest BCUT2D eigenvalue weighted by molar-refractivity contribution is 0.0535. The molecule has 1 heterocycles. The van der Waals surface area contributed by atoms with E-state index in [1.165, 1.54) is 6.07 Å². The third kappa shape index (κ3) is 4.10. The van der Waals surface area contributed by atoms with Crippen LogP contribution in [-0.2, 0) is 0 Å². The minimum atomic E-state index is -0.379. The van der Waals surface area contributed by atoms with Gasteiger partial charge in [-0.2, -0.15) is 0 Å². The van der Waals surface area contributed by atoms with E-state index in [2.05, 4.69) is 0 Å². The first-order valence-electron chi connectivity index (χ1n) is 8.99. The zero-order valence-electron chi connectivity index (χ0n) is 15.9. The van der Waals surface area contributed by atoms with Gasteiger partial charge in [-0.15, -0.1) is 0 Å². The van der Waals surface area contributed by atoms with Crippen molar-refractivity contribution in [1.82, 2.24) is 9.80 Å². The number of amides is 2. The number of carbonyl (C=O) groups excluding carboxylic acids is 2. The molecule has 2 aromatic carbocycles. The fraction of sp³-hybridized carbons (Fsp3) is 0.333. The zero-order chi connectivity index (χ0) is 19.6. The van der Waals surface area contributed by atoms with Gasteiger partial charge in [0, 0.05) is 57.1 Å². The summed E-state index contributed by atoms with van der Waals surface area (Å²) >= 11 is 0. The fourth-order valence-electron chi connectivity index (χ4n) is 3.12. The van der Waals surface area contributed by atoms with Crippen molar-refractivity contribution in [2.24, 2.45) is 0 Å². The SMILES string of the molecule is Cc1ccc(C(=O)N2CCN(C(=O)c3cccc(N(C)C)c3)CC2)cc1F. The number of carbonyl (C=O) groups is 2. The van der Waals surface area contributed by atoms with Crippen LogP contribution in [0, 0.1) is 12.7 Å². The van der Waals surface area contributed by atoms with Crippen molar-refractivity contribution in [3.05, 3.63) is 65.0 Å². The topological polar surface area (TPSA) is 43.9 Å². The standard InChI is InChI=1S/C21H24FN3O2/c1-15-7-8-17(14-19(15)22)21(27)25-11-9-24(10-12-25)20(26)16-5-4-6-18(13-16)23(2)3/h4-8,13-14H,9-12H2,1-3H3.